The van der Waals surface area contributed by atoms with Crippen LogP contribution in [0.4, 0.5) is 11.4 Å². The van der Waals surface area contributed by atoms with E-state index in [1.165, 1.54) is 19.3 Å². The molecule has 0 bridgehead atoms. The van der Waals surface area contributed by atoms with E-state index in [-0.39, 0.29) is 11.8 Å². The van der Waals surface area contributed by atoms with Crippen LogP contribution in [0.25, 0.3) is 0 Å². The lowest BCUT2D eigenvalue weighted by Gasteiger charge is -2.24. The Balaban J connectivity index is 1.81. The van der Waals surface area contributed by atoms with Crippen molar-refractivity contribution in [3.63, 3.8) is 0 Å². The summed E-state index contributed by atoms with van der Waals surface area (Å²) >= 11 is 0. The molecule has 1 aromatic carbocycles. The highest BCUT2D eigenvalue weighted by molar-refractivity contribution is 5.93. The maximum atomic E-state index is 11.8. The molecule has 0 spiro atoms. The van der Waals surface area contributed by atoms with Gasteiger partial charge in [0.1, 0.15) is 0 Å². The summed E-state index contributed by atoms with van der Waals surface area (Å²) in [6.07, 6.45) is 5.66. The normalized spacial score (nSPS) is 14.9. The minimum Gasteiger partial charge on any atom is -0.385 e. The molecule has 0 unspecified atom stereocenters. The van der Waals surface area contributed by atoms with Gasteiger partial charge in [-0.3, -0.25) is 4.79 Å². The molecule has 98 valence electrons. The molecule has 0 saturated heterocycles. The van der Waals surface area contributed by atoms with Crippen LogP contribution in [0.15, 0.2) is 24.3 Å². The van der Waals surface area contributed by atoms with Crippen molar-refractivity contribution in [3.8, 4) is 0 Å². The van der Waals surface area contributed by atoms with E-state index in [0.717, 1.165) is 30.8 Å². The Kier molecular flexibility index (Phi) is 4.62. The summed E-state index contributed by atoms with van der Waals surface area (Å²) in [5.74, 6) is 0.417. The predicted molar refractivity (Wildman–Crippen MR) is 75.8 cm³/mol. The van der Waals surface area contributed by atoms with Crippen LogP contribution in [0.2, 0.25) is 0 Å². The lowest BCUT2D eigenvalue weighted by atomic mass is 9.85. The number of nitrogens with one attached hydrogen (secondary N) is 2. The number of rotatable bonds is 6. The number of benzene rings is 1. The van der Waals surface area contributed by atoms with Crippen LogP contribution in [0.1, 0.15) is 39.0 Å². The van der Waals surface area contributed by atoms with Gasteiger partial charge in [0.05, 0.1) is 0 Å². The largest absolute Gasteiger partial charge is 0.385 e. The fourth-order valence-electron chi connectivity index (χ4n) is 2.00. The lowest BCUT2D eigenvalue weighted by molar-refractivity contribution is -0.122. The topological polar surface area (TPSA) is 41.1 Å². The number of anilines is 2. The maximum absolute atomic E-state index is 11.8. The summed E-state index contributed by atoms with van der Waals surface area (Å²) in [4.78, 5) is 11.8. The third kappa shape index (κ3) is 3.49. The molecule has 3 heteroatoms. The molecule has 0 aliphatic heterocycles. The van der Waals surface area contributed by atoms with Crippen molar-refractivity contribution in [3.05, 3.63) is 24.3 Å². The van der Waals surface area contributed by atoms with Gasteiger partial charge in [-0.05, 0) is 43.5 Å². The molecule has 1 aromatic rings. The Morgan fingerprint density at radius 3 is 2.44 bits per heavy atom. The molecule has 1 amide bonds. The van der Waals surface area contributed by atoms with E-state index in [1.54, 1.807) is 0 Å². The van der Waals surface area contributed by atoms with Crippen LogP contribution >= 0.6 is 0 Å². The molecule has 3 nitrogen and oxygen atoms in total. The molecule has 1 saturated carbocycles. The van der Waals surface area contributed by atoms with E-state index in [9.17, 15) is 4.79 Å². The first-order valence-electron chi connectivity index (χ1n) is 6.94. The van der Waals surface area contributed by atoms with E-state index in [1.807, 2.05) is 24.3 Å². The second-order valence-corrected chi connectivity index (χ2v) is 4.97. The van der Waals surface area contributed by atoms with Gasteiger partial charge in [0.15, 0.2) is 0 Å². The smallest absolute Gasteiger partial charge is 0.227 e. The zero-order valence-corrected chi connectivity index (χ0v) is 11.0. The van der Waals surface area contributed by atoms with E-state index in [0.29, 0.717) is 0 Å². The van der Waals surface area contributed by atoms with Crippen molar-refractivity contribution in [2.24, 2.45) is 5.92 Å². The van der Waals surface area contributed by atoms with E-state index in [2.05, 4.69) is 17.6 Å². The van der Waals surface area contributed by atoms with Gasteiger partial charge < -0.3 is 10.6 Å². The molecule has 0 aromatic heterocycles. The summed E-state index contributed by atoms with van der Waals surface area (Å²) in [6, 6.07) is 7.97. The van der Waals surface area contributed by atoms with Crippen molar-refractivity contribution in [1.82, 2.24) is 0 Å². The summed E-state index contributed by atoms with van der Waals surface area (Å²) < 4.78 is 0. The van der Waals surface area contributed by atoms with Gasteiger partial charge in [0, 0.05) is 23.8 Å². The van der Waals surface area contributed by atoms with Gasteiger partial charge in [0.2, 0.25) is 5.91 Å². The minimum atomic E-state index is 0.174. The standard InChI is InChI=1S/C15H22N2O/c1-2-3-11-16-13-7-9-14(10-8-13)17-15(18)12-5-4-6-12/h7-10,12,16H,2-6,11H2,1H3,(H,17,18). The fraction of sp³-hybridized carbons (Fsp3) is 0.533. The number of unbranched alkanes of at least 4 members (excludes halogenated alkanes) is 1. The Bertz CT molecular complexity index is 382. The second-order valence-electron chi connectivity index (χ2n) is 4.97. The first-order chi connectivity index (χ1) is 8.79. The van der Waals surface area contributed by atoms with Crippen LogP contribution in [0, 0.1) is 5.92 Å². The van der Waals surface area contributed by atoms with Crippen LogP contribution < -0.4 is 10.6 Å². The Labute approximate surface area is 109 Å². The summed E-state index contributed by atoms with van der Waals surface area (Å²) in [5, 5.41) is 6.33. The van der Waals surface area contributed by atoms with Gasteiger partial charge in [-0.2, -0.15) is 0 Å². The van der Waals surface area contributed by atoms with E-state index >= 15 is 0 Å². The number of carbonyl (C=O) groups is 1. The van der Waals surface area contributed by atoms with Crippen LogP contribution in [-0.4, -0.2) is 12.5 Å². The van der Waals surface area contributed by atoms with Gasteiger partial charge >= 0.3 is 0 Å². The predicted octanol–water partition coefficient (Wildman–Crippen LogP) is 3.64. The minimum absolute atomic E-state index is 0.174. The van der Waals surface area contributed by atoms with E-state index in [4.69, 9.17) is 0 Å². The third-order valence-electron chi connectivity index (χ3n) is 3.49. The number of carbonyl (C=O) groups excluding carboxylic acids is 1. The first-order valence-corrected chi connectivity index (χ1v) is 6.94. The Morgan fingerprint density at radius 2 is 1.89 bits per heavy atom. The molecular formula is C15H22N2O. The van der Waals surface area contributed by atoms with Gasteiger partial charge in [-0.15, -0.1) is 0 Å². The molecule has 1 fully saturated rings. The maximum Gasteiger partial charge on any atom is 0.227 e. The highest BCUT2D eigenvalue weighted by Gasteiger charge is 2.24. The average molecular weight is 246 g/mol. The number of hydrogen-bond acceptors (Lipinski definition) is 2. The van der Waals surface area contributed by atoms with Crippen LogP contribution in [0.5, 0.6) is 0 Å². The van der Waals surface area contributed by atoms with Crippen molar-refractivity contribution in [2.75, 3.05) is 17.2 Å². The molecule has 18 heavy (non-hydrogen) atoms. The quantitative estimate of drug-likeness (QED) is 0.752. The monoisotopic (exact) mass is 246 g/mol. The van der Waals surface area contributed by atoms with Crippen molar-refractivity contribution in [2.45, 2.75) is 39.0 Å². The van der Waals surface area contributed by atoms with Gasteiger partial charge in [0.25, 0.3) is 0 Å². The first kappa shape index (κ1) is 12.9. The average Bonchev–Trinajstić information content (AvgIpc) is 2.29. The zero-order chi connectivity index (χ0) is 12.8. The zero-order valence-electron chi connectivity index (χ0n) is 11.0. The number of amides is 1. The van der Waals surface area contributed by atoms with Crippen molar-refractivity contribution in [1.29, 1.82) is 0 Å². The molecule has 2 N–H and O–H groups in total. The fourth-order valence-corrected chi connectivity index (χ4v) is 2.00. The molecule has 2 rings (SSSR count). The van der Waals surface area contributed by atoms with E-state index < -0.39 is 0 Å². The molecule has 0 radical (unpaired) electrons. The Morgan fingerprint density at radius 1 is 1.22 bits per heavy atom. The third-order valence-corrected chi connectivity index (χ3v) is 3.49. The van der Waals surface area contributed by atoms with Gasteiger partial charge in [-0.25, -0.2) is 0 Å². The van der Waals surface area contributed by atoms with Crippen LogP contribution in [0.3, 0.4) is 0 Å². The highest BCUT2D eigenvalue weighted by atomic mass is 16.1. The molecule has 0 heterocycles. The van der Waals surface area contributed by atoms with Crippen molar-refractivity contribution >= 4 is 17.3 Å². The summed E-state index contributed by atoms with van der Waals surface area (Å²) in [5.41, 5.74) is 2.01. The molecule has 1 aliphatic rings. The van der Waals surface area contributed by atoms with Crippen LogP contribution in [-0.2, 0) is 4.79 Å². The Hall–Kier alpha value is -1.51. The van der Waals surface area contributed by atoms with Gasteiger partial charge in [-0.1, -0.05) is 19.8 Å². The van der Waals surface area contributed by atoms with Crippen molar-refractivity contribution < 1.29 is 4.79 Å². The molecular weight excluding hydrogens is 224 g/mol. The highest BCUT2D eigenvalue weighted by Crippen LogP contribution is 2.27. The second kappa shape index (κ2) is 6.43. The number of hydrogen-bond donors (Lipinski definition) is 2. The molecule has 1 aliphatic carbocycles. The SMILES string of the molecule is CCCCNc1ccc(NC(=O)C2CCC2)cc1. The molecule has 0 atom stereocenters. The summed E-state index contributed by atoms with van der Waals surface area (Å²) in [7, 11) is 0. The lowest BCUT2D eigenvalue weighted by Crippen LogP contribution is -2.27. The summed E-state index contributed by atoms with van der Waals surface area (Å²) in [6.45, 7) is 3.19.